The van der Waals surface area contributed by atoms with E-state index >= 15 is 0 Å². The summed E-state index contributed by atoms with van der Waals surface area (Å²) in [5, 5.41) is 6.58. The summed E-state index contributed by atoms with van der Waals surface area (Å²) in [7, 11) is 2.89. The van der Waals surface area contributed by atoms with E-state index in [9.17, 15) is 9.59 Å². The Morgan fingerprint density at radius 1 is 1.12 bits per heavy atom. The van der Waals surface area contributed by atoms with Crippen LogP contribution in [0, 0.1) is 6.92 Å². The summed E-state index contributed by atoms with van der Waals surface area (Å²) in [6, 6.07) is 10.1. The van der Waals surface area contributed by atoms with Crippen LogP contribution in [-0.2, 0) is 9.53 Å². The molecule has 0 fully saturated rings. The first kappa shape index (κ1) is 19.6. The van der Waals surface area contributed by atoms with Gasteiger partial charge in [-0.25, -0.2) is 4.79 Å². The molecule has 0 aliphatic carbocycles. The lowest BCUT2D eigenvalue weighted by atomic mass is 10.2. The third kappa shape index (κ3) is 5.13. The van der Waals surface area contributed by atoms with Crippen LogP contribution in [0.15, 0.2) is 36.4 Å². The zero-order valence-corrected chi connectivity index (χ0v) is 15.6. The van der Waals surface area contributed by atoms with Crippen LogP contribution in [0.2, 0.25) is 5.02 Å². The van der Waals surface area contributed by atoms with Gasteiger partial charge in [0, 0.05) is 29.7 Å². The van der Waals surface area contributed by atoms with Crippen molar-refractivity contribution >= 4 is 34.9 Å². The second kappa shape index (κ2) is 9.10. The fraction of sp³-hybridized carbons (Fsp3) is 0.263. The molecule has 2 aromatic carbocycles. The Bertz CT molecular complexity index is 791. The number of hydrogen-bond donors (Lipinski definition) is 2. The fourth-order valence-electron chi connectivity index (χ4n) is 2.31. The Kier molecular flexibility index (Phi) is 6.86. The minimum atomic E-state index is -0.417. The van der Waals surface area contributed by atoms with Crippen LogP contribution in [0.5, 0.6) is 5.75 Å². The average Bonchev–Trinajstić information content (AvgIpc) is 2.64. The van der Waals surface area contributed by atoms with Crippen LogP contribution >= 0.6 is 11.6 Å². The number of nitrogens with one attached hydrogen (secondary N) is 2. The molecule has 0 heterocycles. The first-order chi connectivity index (χ1) is 12.4. The number of carbonyl (C=O) groups is 2. The van der Waals surface area contributed by atoms with Gasteiger partial charge in [0.15, 0.2) is 0 Å². The number of esters is 1. The molecule has 138 valence electrons. The van der Waals surface area contributed by atoms with Crippen molar-refractivity contribution in [1.29, 1.82) is 0 Å². The van der Waals surface area contributed by atoms with E-state index in [0.717, 1.165) is 11.3 Å². The molecule has 2 N–H and O–H groups in total. The van der Waals surface area contributed by atoms with Crippen molar-refractivity contribution in [3.63, 3.8) is 0 Å². The molecule has 0 spiro atoms. The lowest BCUT2D eigenvalue weighted by Gasteiger charge is -2.13. The molecule has 1 amide bonds. The number of amides is 1. The third-order valence-corrected chi connectivity index (χ3v) is 4.15. The molecule has 0 aliphatic rings. The summed E-state index contributed by atoms with van der Waals surface area (Å²) in [5.41, 5.74) is 2.75. The van der Waals surface area contributed by atoms with E-state index in [0.29, 0.717) is 28.6 Å². The highest BCUT2D eigenvalue weighted by molar-refractivity contribution is 6.31. The number of hydrogen-bond acceptors (Lipinski definition) is 5. The smallest absolute Gasteiger partial charge is 0.337 e. The molecule has 26 heavy (non-hydrogen) atoms. The number of carbonyl (C=O) groups excluding carboxylic acids is 2. The maximum absolute atomic E-state index is 12.1. The van der Waals surface area contributed by atoms with E-state index in [2.05, 4.69) is 15.4 Å². The normalized spacial score (nSPS) is 10.2. The quantitative estimate of drug-likeness (QED) is 0.717. The number of benzene rings is 2. The molecule has 0 unspecified atom stereocenters. The summed E-state index contributed by atoms with van der Waals surface area (Å²) in [4.78, 5) is 23.4. The lowest BCUT2D eigenvalue weighted by Crippen LogP contribution is -2.16. The lowest BCUT2D eigenvalue weighted by molar-refractivity contribution is -0.115. The number of rotatable bonds is 7. The minimum absolute atomic E-state index is 0.145. The van der Waals surface area contributed by atoms with Crippen molar-refractivity contribution in [2.45, 2.75) is 13.3 Å². The predicted molar refractivity (Wildman–Crippen MR) is 102 cm³/mol. The molecular formula is C19H21ClN2O4. The van der Waals surface area contributed by atoms with E-state index in [1.54, 1.807) is 37.4 Å². The van der Waals surface area contributed by atoms with E-state index in [1.165, 1.54) is 7.11 Å². The molecule has 2 rings (SSSR count). The molecule has 0 bridgehead atoms. The summed E-state index contributed by atoms with van der Waals surface area (Å²) in [6.45, 7) is 2.33. The van der Waals surface area contributed by atoms with Gasteiger partial charge >= 0.3 is 5.97 Å². The van der Waals surface area contributed by atoms with Gasteiger partial charge in [-0.1, -0.05) is 11.6 Å². The number of anilines is 2. The average molecular weight is 377 g/mol. The summed E-state index contributed by atoms with van der Waals surface area (Å²) in [6.07, 6.45) is 0.267. The number of halogens is 1. The maximum atomic E-state index is 12.1. The number of aryl methyl sites for hydroxylation is 1. The largest absolute Gasteiger partial charge is 0.495 e. The van der Waals surface area contributed by atoms with Crippen molar-refractivity contribution in [2.75, 3.05) is 31.4 Å². The van der Waals surface area contributed by atoms with E-state index in [1.807, 2.05) is 13.0 Å². The Balaban J connectivity index is 1.88. The zero-order valence-electron chi connectivity index (χ0n) is 14.9. The van der Waals surface area contributed by atoms with Crippen LogP contribution in [0.1, 0.15) is 22.3 Å². The second-order valence-electron chi connectivity index (χ2n) is 5.60. The fourth-order valence-corrected chi connectivity index (χ4v) is 2.47. The first-order valence-corrected chi connectivity index (χ1v) is 8.38. The highest BCUT2D eigenvalue weighted by atomic mass is 35.5. The highest BCUT2D eigenvalue weighted by Gasteiger charge is 2.09. The molecule has 7 heteroatoms. The molecule has 6 nitrogen and oxygen atoms in total. The molecule has 2 aromatic rings. The molecule has 0 aromatic heterocycles. The van der Waals surface area contributed by atoms with Crippen LogP contribution in [-0.4, -0.2) is 32.6 Å². The molecule has 0 radical (unpaired) electrons. The van der Waals surface area contributed by atoms with Crippen LogP contribution in [0.3, 0.4) is 0 Å². The van der Waals surface area contributed by atoms with Crippen molar-refractivity contribution < 1.29 is 19.1 Å². The summed E-state index contributed by atoms with van der Waals surface area (Å²) >= 11 is 6.08. The van der Waals surface area contributed by atoms with Gasteiger partial charge in [0.05, 0.1) is 25.5 Å². The Morgan fingerprint density at radius 3 is 2.42 bits per heavy atom. The summed E-state index contributed by atoms with van der Waals surface area (Å²) < 4.78 is 9.92. The van der Waals surface area contributed by atoms with Crippen LogP contribution in [0.25, 0.3) is 0 Å². The second-order valence-corrected chi connectivity index (χ2v) is 6.00. The SMILES string of the molecule is COC(=O)c1ccc(NC(=O)CCNc2cc(C)c(Cl)cc2OC)cc1. The van der Waals surface area contributed by atoms with Gasteiger partial charge in [-0.05, 0) is 42.8 Å². The summed E-state index contributed by atoms with van der Waals surface area (Å²) in [5.74, 6) is 0.0617. The Hall–Kier alpha value is -2.73. The van der Waals surface area contributed by atoms with Gasteiger partial charge in [0.25, 0.3) is 0 Å². The maximum Gasteiger partial charge on any atom is 0.337 e. The molecule has 0 saturated carbocycles. The molecule has 0 aliphatic heterocycles. The van der Waals surface area contributed by atoms with E-state index < -0.39 is 5.97 Å². The van der Waals surface area contributed by atoms with Crippen molar-refractivity contribution in [3.8, 4) is 5.75 Å². The third-order valence-electron chi connectivity index (χ3n) is 3.74. The Morgan fingerprint density at radius 2 is 1.81 bits per heavy atom. The van der Waals surface area contributed by atoms with Gasteiger partial charge in [-0.15, -0.1) is 0 Å². The van der Waals surface area contributed by atoms with Gasteiger partial charge in [0.1, 0.15) is 5.75 Å². The van der Waals surface area contributed by atoms with Gasteiger partial charge in [0.2, 0.25) is 5.91 Å². The zero-order chi connectivity index (χ0) is 19.1. The molecule has 0 atom stereocenters. The van der Waals surface area contributed by atoms with E-state index in [-0.39, 0.29) is 12.3 Å². The molecular weight excluding hydrogens is 356 g/mol. The molecule has 0 saturated heterocycles. The number of methoxy groups -OCH3 is 2. The van der Waals surface area contributed by atoms with Crippen molar-refractivity contribution in [1.82, 2.24) is 0 Å². The van der Waals surface area contributed by atoms with Crippen molar-refractivity contribution in [3.05, 3.63) is 52.5 Å². The highest BCUT2D eigenvalue weighted by Crippen LogP contribution is 2.30. The standard InChI is InChI=1S/C19H21ClN2O4/c1-12-10-16(17(25-2)11-15(12)20)21-9-8-18(23)22-14-6-4-13(5-7-14)19(24)26-3/h4-7,10-11,21H,8-9H2,1-3H3,(H,22,23). The topological polar surface area (TPSA) is 76.7 Å². The van der Waals surface area contributed by atoms with Gasteiger partial charge in [-0.2, -0.15) is 0 Å². The van der Waals surface area contributed by atoms with Crippen LogP contribution in [0.4, 0.5) is 11.4 Å². The predicted octanol–water partition coefficient (Wildman–Crippen LogP) is 3.88. The first-order valence-electron chi connectivity index (χ1n) is 8.01. The number of ether oxygens (including phenoxy) is 2. The monoisotopic (exact) mass is 376 g/mol. The van der Waals surface area contributed by atoms with Gasteiger partial charge in [-0.3, -0.25) is 4.79 Å². The van der Waals surface area contributed by atoms with E-state index in [4.69, 9.17) is 16.3 Å². The Labute approximate surface area is 157 Å². The van der Waals surface area contributed by atoms with Crippen LogP contribution < -0.4 is 15.4 Å². The minimum Gasteiger partial charge on any atom is -0.495 e. The van der Waals surface area contributed by atoms with Gasteiger partial charge < -0.3 is 20.1 Å². The van der Waals surface area contributed by atoms with Crippen molar-refractivity contribution in [2.24, 2.45) is 0 Å².